The van der Waals surface area contributed by atoms with Gasteiger partial charge in [-0.1, -0.05) is 11.6 Å². The van der Waals surface area contributed by atoms with Gasteiger partial charge in [0.05, 0.1) is 10.7 Å². The van der Waals surface area contributed by atoms with Crippen LogP contribution in [0.25, 0.3) is 10.1 Å². The lowest BCUT2D eigenvalue weighted by Gasteiger charge is -1.97. The van der Waals surface area contributed by atoms with E-state index in [2.05, 4.69) is 0 Å². The molecule has 2 N–H and O–H groups in total. The molecule has 0 unspecified atom stereocenters. The first kappa shape index (κ1) is 8.53. The van der Waals surface area contributed by atoms with Gasteiger partial charge >= 0.3 is 0 Å². The summed E-state index contributed by atoms with van der Waals surface area (Å²) in [6, 6.07) is 3.41. The molecule has 66 valence electrons. The van der Waals surface area contributed by atoms with E-state index in [-0.39, 0.29) is 0 Å². The fourth-order valence-electron chi connectivity index (χ4n) is 1.23. The number of fused-ring (bicyclic) bond motifs is 1. The quantitative estimate of drug-likeness (QED) is 0.737. The third-order valence-corrected chi connectivity index (χ3v) is 3.06. The molecule has 0 spiro atoms. The molecule has 13 heavy (non-hydrogen) atoms. The van der Waals surface area contributed by atoms with Crippen molar-refractivity contribution in [3.05, 3.63) is 28.1 Å². The predicted molar refractivity (Wildman–Crippen MR) is 56.6 cm³/mol. The summed E-state index contributed by atoms with van der Waals surface area (Å²) in [4.78, 5) is 10.5. The molecule has 1 aromatic carbocycles. The van der Waals surface area contributed by atoms with E-state index in [0.29, 0.717) is 16.3 Å². The molecule has 0 amide bonds. The molecule has 1 aromatic heterocycles. The Bertz CT molecular complexity index is 478. The molecule has 0 aliphatic carbocycles. The minimum Gasteiger partial charge on any atom is -0.398 e. The SMILES string of the molecule is Nc1csc2cc(C=O)cc(Cl)c12. The van der Waals surface area contributed by atoms with Crippen LogP contribution in [0.5, 0.6) is 0 Å². The third-order valence-electron chi connectivity index (χ3n) is 1.81. The number of rotatable bonds is 1. The Morgan fingerprint density at radius 2 is 2.23 bits per heavy atom. The van der Waals surface area contributed by atoms with E-state index in [1.165, 1.54) is 11.3 Å². The van der Waals surface area contributed by atoms with Crippen LogP contribution in [0.2, 0.25) is 5.02 Å². The van der Waals surface area contributed by atoms with Crippen molar-refractivity contribution in [1.29, 1.82) is 0 Å². The summed E-state index contributed by atoms with van der Waals surface area (Å²) in [6.07, 6.45) is 0.779. The van der Waals surface area contributed by atoms with Crippen LogP contribution >= 0.6 is 22.9 Å². The second-order valence-electron chi connectivity index (χ2n) is 2.68. The number of nitrogens with two attached hydrogens (primary N) is 1. The molecule has 1 heterocycles. The molecule has 2 rings (SSSR count). The number of thiophene rings is 1. The Morgan fingerprint density at radius 1 is 1.46 bits per heavy atom. The van der Waals surface area contributed by atoms with Crippen LogP contribution in [0.3, 0.4) is 0 Å². The number of nitrogen functional groups attached to an aromatic ring is 1. The fourth-order valence-corrected chi connectivity index (χ4v) is 2.54. The van der Waals surface area contributed by atoms with Gasteiger partial charge in [-0.15, -0.1) is 11.3 Å². The Kier molecular flexibility index (Phi) is 1.98. The first-order valence-corrected chi connectivity index (χ1v) is 4.89. The lowest BCUT2D eigenvalue weighted by atomic mass is 10.2. The highest BCUT2D eigenvalue weighted by Gasteiger charge is 2.06. The van der Waals surface area contributed by atoms with Gasteiger partial charge in [-0.2, -0.15) is 0 Å². The van der Waals surface area contributed by atoms with Crippen LogP contribution in [0.4, 0.5) is 5.69 Å². The minimum absolute atomic E-state index is 0.540. The van der Waals surface area contributed by atoms with Gasteiger partial charge in [0.1, 0.15) is 6.29 Å². The highest BCUT2D eigenvalue weighted by molar-refractivity contribution is 7.18. The predicted octanol–water partition coefficient (Wildman–Crippen LogP) is 2.95. The summed E-state index contributed by atoms with van der Waals surface area (Å²) < 4.78 is 0.951. The van der Waals surface area contributed by atoms with Crippen LogP contribution in [-0.2, 0) is 0 Å². The van der Waals surface area contributed by atoms with Gasteiger partial charge in [0, 0.05) is 21.0 Å². The van der Waals surface area contributed by atoms with Crippen molar-refractivity contribution in [3.8, 4) is 0 Å². The third kappa shape index (κ3) is 1.30. The number of anilines is 1. The number of benzene rings is 1. The van der Waals surface area contributed by atoms with Crippen LogP contribution in [-0.4, -0.2) is 6.29 Å². The zero-order chi connectivity index (χ0) is 9.42. The zero-order valence-electron chi connectivity index (χ0n) is 6.58. The number of carbonyl (C=O) groups is 1. The molecule has 0 fully saturated rings. The Hall–Kier alpha value is -1.06. The molecule has 0 aliphatic rings. The lowest BCUT2D eigenvalue weighted by Crippen LogP contribution is -1.83. The number of halogens is 1. The van der Waals surface area contributed by atoms with Gasteiger partial charge < -0.3 is 5.73 Å². The first-order valence-electron chi connectivity index (χ1n) is 3.64. The van der Waals surface area contributed by atoms with E-state index < -0.39 is 0 Å². The maximum Gasteiger partial charge on any atom is 0.150 e. The maximum atomic E-state index is 10.5. The summed E-state index contributed by atoms with van der Waals surface area (Å²) in [7, 11) is 0. The molecule has 0 bridgehead atoms. The lowest BCUT2D eigenvalue weighted by molar-refractivity contribution is 0.112. The number of aldehydes is 1. The molecule has 4 heteroatoms. The standard InChI is InChI=1S/C9H6ClNOS/c10-6-1-5(3-12)2-8-9(6)7(11)4-13-8/h1-4H,11H2. The van der Waals surface area contributed by atoms with E-state index in [1.54, 1.807) is 12.1 Å². The van der Waals surface area contributed by atoms with Gasteiger partial charge in [-0.3, -0.25) is 4.79 Å². The smallest absolute Gasteiger partial charge is 0.150 e. The highest BCUT2D eigenvalue weighted by atomic mass is 35.5. The van der Waals surface area contributed by atoms with E-state index in [9.17, 15) is 4.79 Å². The van der Waals surface area contributed by atoms with Crippen LogP contribution in [0.15, 0.2) is 17.5 Å². The van der Waals surface area contributed by atoms with Gasteiger partial charge in [-0.25, -0.2) is 0 Å². The molecular formula is C9H6ClNOS. The Labute approximate surface area is 83.9 Å². The van der Waals surface area contributed by atoms with E-state index in [4.69, 9.17) is 17.3 Å². The summed E-state index contributed by atoms with van der Waals surface area (Å²) >= 11 is 7.44. The summed E-state index contributed by atoms with van der Waals surface area (Å²) in [6.45, 7) is 0. The molecule has 2 aromatic rings. The van der Waals surface area contributed by atoms with Crippen molar-refractivity contribution in [2.75, 3.05) is 5.73 Å². The van der Waals surface area contributed by atoms with Gasteiger partial charge in [0.2, 0.25) is 0 Å². The largest absolute Gasteiger partial charge is 0.398 e. The van der Waals surface area contributed by atoms with Crippen molar-refractivity contribution in [2.24, 2.45) is 0 Å². The highest BCUT2D eigenvalue weighted by Crippen LogP contribution is 2.34. The van der Waals surface area contributed by atoms with E-state index in [1.807, 2.05) is 5.38 Å². The average Bonchev–Trinajstić information content (AvgIpc) is 2.48. The van der Waals surface area contributed by atoms with Crippen molar-refractivity contribution < 1.29 is 4.79 Å². The Morgan fingerprint density at radius 3 is 2.92 bits per heavy atom. The summed E-state index contributed by atoms with van der Waals surface area (Å²) in [5.41, 5.74) is 6.96. The molecule has 0 aliphatic heterocycles. The van der Waals surface area contributed by atoms with Crippen molar-refractivity contribution in [1.82, 2.24) is 0 Å². The monoisotopic (exact) mass is 211 g/mol. The molecule has 0 saturated heterocycles. The van der Waals surface area contributed by atoms with Crippen LogP contribution < -0.4 is 5.73 Å². The van der Waals surface area contributed by atoms with Gasteiger partial charge in [0.25, 0.3) is 0 Å². The fraction of sp³-hybridized carbons (Fsp3) is 0. The topological polar surface area (TPSA) is 43.1 Å². The second kappa shape index (κ2) is 3.01. The van der Waals surface area contributed by atoms with Crippen molar-refractivity contribution >= 4 is 45.0 Å². The van der Waals surface area contributed by atoms with Gasteiger partial charge in [-0.05, 0) is 12.1 Å². The second-order valence-corrected chi connectivity index (χ2v) is 4.00. The molecule has 2 nitrogen and oxygen atoms in total. The molecule has 0 radical (unpaired) electrons. The number of hydrogen-bond acceptors (Lipinski definition) is 3. The average molecular weight is 212 g/mol. The van der Waals surface area contributed by atoms with Crippen molar-refractivity contribution in [2.45, 2.75) is 0 Å². The number of carbonyl (C=O) groups excluding carboxylic acids is 1. The molecule has 0 saturated carbocycles. The minimum atomic E-state index is 0.540. The summed E-state index contributed by atoms with van der Waals surface area (Å²) in [5.74, 6) is 0. The van der Waals surface area contributed by atoms with E-state index >= 15 is 0 Å². The molecular weight excluding hydrogens is 206 g/mol. The first-order chi connectivity index (χ1) is 6.22. The van der Waals surface area contributed by atoms with Gasteiger partial charge in [0.15, 0.2) is 0 Å². The van der Waals surface area contributed by atoms with Crippen molar-refractivity contribution in [3.63, 3.8) is 0 Å². The number of hydrogen-bond donors (Lipinski definition) is 1. The van der Waals surface area contributed by atoms with Crippen LogP contribution in [0, 0.1) is 0 Å². The Balaban J connectivity index is 2.86. The van der Waals surface area contributed by atoms with Crippen LogP contribution in [0.1, 0.15) is 10.4 Å². The maximum absolute atomic E-state index is 10.5. The molecule has 0 atom stereocenters. The normalized spacial score (nSPS) is 10.5. The van der Waals surface area contributed by atoms with E-state index in [0.717, 1.165) is 16.4 Å². The summed E-state index contributed by atoms with van der Waals surface area (Å²) in [5, 5.41) is 3.21. The zero-order valence-corrected chi connectivity index (χ0v) is 8.15.